The minimum Gasteiger partial charge on any atom is -0.365 e. The van der Waals surface area contributed by atoms with Crippen molar-refractivity contribution in [3.63, 3.8) is 0 Å². The Kier molecular flexibility index (Phi) is 5.37. The van der Waals surface area contributed by atoms with Crippen LogP contribution in [0.25, 0.3) is 11.6 Å². The van der Waals surface area contributed by atoms with E-state index in [1.54, 1.807) is 0 Å². The molecule has 132 valence electrons. The zero-order valence-corrected chi connectivity index (χ0v) is 13.9. The maximum absolute atomic E-state index is 13.1. The van der Waals surface area contributed by atoms with Crippen molar-refractivity contribution < 1.29 is 13.2 Å². The Labute approximate surface area is 150 Å². The van der Waals surface area contributed by atoms with Gasteiger partial charge in [0.1, 0.15) is 5.82 Å². The first-order valence-electron chi connectivity index (χ1n) is 8.11. The van der Waals surface area contributed by atoms with Crippen molar-refractivity contribution >= 4 is 17.5 Å². The molecule has 0 unspecified atom stereocenters. The Morgan fingerprint density at radius 2 is 1.54 bits per heavy atom. The number of rotatable bonds is 5. The summed E-state index contributed by atoms with van der Waals surface area (Å²) in [7, 11) is 0. The topological polar surface area (TPSA) is 24.9 Å². The fourth-order valence-corrected chi connectivity index (χ4v) is 2.59. The van der Waals surface area contributed by atoms with E-state index in [-0.39, 0.29) is 12.4 Å². The Bertz CT molecular complexity index is 873. The fourth-order valence-electron chi connectivity index (χ4n) is 2.59. The molecule has 1 aromatic heterocycles. The number of aromatic nitrogens is 1. The fraction of sp³-hybridized carbons (Fsp3) is 0.0952. The highest BCUT2D eigenvalue weighted by Crippen LogP contribution is 2.33. The number of pyridine rings is 1. The van der Waals surface area contributed by atoms with Crippen LogP contribution in [0.5, 0.6) is 0 Å². The summed E-state index contributed by atoms with van der Waals surface area (Å²) in [5.41, 5.74) is 2.02. The molecule has 2 aromatic carbocycles. The van der Waals surface area contributed by atoms with E-state index in [4.69, 9.17) is 0 Å². The van der Waals surface area contributed by atoms with Crippen molar-refractivity contribution in [2.24, 2.45) is 0 Å². The third-order valence-corrected chi connectivity index (χ3v) is 3.84. The highest BCUT2D eigenvalue weighted by Gasteiger charge is 2.34. The SMILES string of the molecule is FC(F)(F)c1cccnc1NC/C(=C/c1ccccc1)c1ccccc1. The monoisotopic (exact) mass is 354 g/mol. The number of nitrogens with one attached hydrogen (secondary N) is 1. The van der Waals surface area contributed by atoms with Crippen molar-refractivity contribution in [2.45, 2.75) is 6.18 Å². The van der Waals surface area contributed by atoms with E-state index in [0.29, 0.717) is 0 Å². The first-order valence-corrected chi connectivity index (χ1v) is 8.11. The second-order valence-electron chi connectivity index (χ2n) is 5.70. The summed E-state index contributed by atoms with van der Waals surface area (Å²) < 4.78 is 39.4. The zero-order chi connectivity index (χ0) is 18.4. The van der Waals surface area contributed by atoms with E-state index >= 15 is 0 Å². The Morgan fingerprint density at radius 1 is 0.885 bits per heavy atom. The normalized spacial score (nSPS) is 12.0. The van der Waals surface area contributed by atoms with Gasteiger partial charge in [0.15, 0.2) is 0 Å². The Hall–Kier alpha value is -3.08. The molecule has 2 nitrogen and oxygen atoms in total. The number of hydrogen-bond acceptors (Lipinski definition) is 2. The second-order valence-corrected chi connectivity index (χ2v) is 5.70. The highest BCUT2D eigenvalue weighted by atomic mass is 19.4. The highest BCUT2D eigenvalue weighted by molar-refractivity contribution is 5.83. The van der Waals surface area contributed by atoms with Crippen LogP contribution in [0.15, 0.2) is 79.0 Å². The van der Waals surface area contributed by atoms with Crippen LogP contribution < -0.4 is 5.32 Å². The van der Waals surface area contributed by atoms with E-state index in [1.165, 1.54) is 12.3 Å². The van der Waals surface area contributed by atoms with Gasteiger partial charge >= 0.3 is 6.18 Å². The molecule has 26 heavy (non-hydrogen) atoms. The van der Waals surface area contributed by atoms with Crippen LogP contribution in [0.1, 0.15) is 16.7 Å². The number of alkyl halides is 3. The van der Waals surface area contributed by atoms with E-state index in [0.717, 1.165) is 22.8 Å². The summed E-state index contributed by atoms with van der Waals surface area (Å²) in [6.45, 7) is 0.221. The lowest BCUT2D eigenvalue weighted by atomic mass is 10.0. The van der Waals surface area contributed by atoms with Crippen molar-refractivity contribution in [3.8, 4) is 0 Å². The number of anilines is 1. The number of hydrogen-bond donors (Lipinski definition) is 1. The molecule has 0 fully saturated rings. The van der Waals surface area contributed by atoms with Gasteiger partial charge in [0.25, 0.3) is 0 Å². The van der Waals surface area contributed by atoms with Crippen LogP contribution in [-0.2, 0) is 6.18 Å². The number of benzene rings is 2. The summed E-state index contributed by atoms with van der Waals surface area (Å²) in [6, 6.07) is 21.5. The molecule has 1 heterocycles. The van der Waals surface area contributed by atoms with E-state index in [1.807, 2.05) is 66.7 Å². The average Bonchev–Trinajstić information content (AvgIpc) is 2.66. The standard InChI is InChI=1S/C21H17F3N2/c22-21(23,24)19-12-7-13-25-20(19)26-15-18(17-10-5-2-6-11-17)14-16-8-3-1-4-9-16/h1-14H,15H2,(H,25,26)/b18-14-. The predicted molar refractivity (Wildman–Crippen MR) is 98.5 cm³/mol. The molecule has 0 saturated heterocycles. The maximum atomic E-state index is 13.1. The molecule has 0 aliphatic rings. The van der Waals surface area contributed by atoms with Crippen LogP contribution in [0.2, 0.25) is 0 Å². The first kappa shape index (κ1) is 17.7. The quantitative estimate of drug-likeness (QED) is 0.590. The molecule has 0 radical (unpaired) electrons. The number of nitrogens with zero attached hydrogens (tertiary/aromatic N) is 1. The van der Waals surface area contributed by atoms with Crippen LogP contribution >= 0.6 is 0 Å². The molecule has 0 aliphatic heterocycles. The molecule has 0 aliphatic carbocycles. The molecule has 0 spiro atoms. The maximum Gasteiger partial charge on any atom is 0.419 e. The van der Waals surface area contributed by atoms with Gasteiger partial charge in [-0.05, 0) is 34.9 Å². The lowest BCUT2D eigenvalue weighted by Gasteiger charge is -2.15. The van der Waals surface area contributed by atoms with Crippen molar-refractivity contribution in [1.29, 1.82) is 0 Å². The second kappa shape index (κ2) is 7.87. The largest absolute Gasteiger partial charge is 0.419 e. The zero-order valence-electron chi connectivity index (χ0n) is 13.9. The summed E-state index contributed by atoms with van der Waals surface area (Å²) >= 11 is 0. The summed E-state index contributed by atoms with van der Waals surface area (Å²) in [5.74, 6) is -0.171. The lowest BCUT2D eigenvalue weighted by Crippen LogP contribution is -2.13. The molecule has 1 N–H and O–H groups in total. The molecule has 0 saturated carbocycles. The van der Waals surface area contributed by atoms with Crippen molar-refractivity contribution in [2.75, 3.05) is 11.9 Å². The van der Waals surface area contributed by atoms with Crippen LogP contribution in [-0.4, -0.2) is 11.5 Å². The van der Waals surface area contributed by atoms with Gasteiger partial charge in [-0.3, -0.25) is 0 Å². The smallest absolute Gasteiger partial charge is 0.365 e. The molecule has 0 bridgehead atoms. The van der Waals surface area contributed by atoms with Gasteiger partial charge in [-0.25, -0.2) is 4.98 Å². The average molecular weight is 354 g/mol. The van der Waals surface area contributed by atoms with Crippen molar-refractivity contribution in [1.82, 2.24) is 4.98 Å². The van der Waals surface area contributed by atoms with Crippen molar-refractivity contribution in [3.05, 3.63) is 95.7 Å². The van der Waals surface area contributed by atoms with Gasteiger partial charge < -0.3 is 5.32 Å². The summed E-state index contributed by atoms with van der Waals surface area (Å²) in [4.78, 5) is 3.86. The molecule has 5 heteroatoms. The number of halogens is 3. The molecule has 3 aromatic rings. The van der Waals surface area contributed by atoms with Gasteiger partial charge in [-0.15, -0.1) is 0 Å². The van der Waals surface area contributed by atoms with Crippen LogP contribution in [0, 0.1) is 0 Å². The van der Waals surface area contributed by atoms with E-state index < -0.39 is 11.7 Å². The Balaban J connectivity index is 1.90. The van der Waals surface area contributed by atoms with Crippen LogP contribution in [0.3, 0.4) is 0 Å². The minimum absolute atomic E-state index is 0.171. The minimum atomic E-state index is -4.45. The molecule has 0 atom stereocenters. The molecule has 3 rings (SSSR count). The third kappa shape index (κ3) is 4.51. The van der Waals surface area contributed by atoms with Gasteiger partial charge in [-0.2, -0.15) is 13.2 Å². The van der Waals surface area contributed by atoms with E-state index in [9.17, 15) is 13.2 Å². The predicted octanol–water partition coefficient (Wildman–Crippen LogP) is 5.75. The molecular formula is C21H17F3N2. The first-order chi connectivity index (χ1) is 12.5. The third-order valence-electron chi connectivity index (χ3n) is 3.84. The molecule has 0 amide bonds. The van der Waals surface area contributed by atoms with Gasteiger partial charge in [0.2, 0.25) is 0 Å². The van der Waals surface area contributed by atoms with Crippen LogP contribution in [0.4, 0.5) is 19.0 Å². The van der Waals surface area contributed by atoms with E-state index in [2.05, 4.69) is 10.3 Å². The summed E-state index contributed by atoms with van der Waals surface area (Å²) in [5, 5.41) is 2.84. The van der Waals surface area contributed by atoms with Gasteiger partial charge in [0.05, 0.1) is 5.56 Å². The van der Waals surface area contributed by atoms with Gasteiger partial charge in [0, 0.05) is 12.7 Å². The van der Waals surface area contributed by atoms with Gasteiger partial charge in [-0.1, -0.05) is 60.7 Å². The summed E-state index contributed by atoms with van der Waals surface area (Å²) in [6.07, 6.45) is -1.15. The Morgan fingerprint density at radius 3 is 2.19 bits per heavy atom. The molecular weight excluding hydrogens is 337 g/mol. The lowest BCUT2D eigenvalue weighted by molar-refractivity contribution is -0.137.